The number of ether oxygens (including phenoxy) is 1. The highest BCUT2D eigenvalue weighted by molar-refractivity contribution is 7.98. The summed E-state index contributed by atoms with van der Waals surface area (Å²) >= 11 is 1.83. The zero-order valence-corrected chi connectivity index (χ0v) is 20.9. The van der Waals surface area contributed by atoms with Crippen LogP contribution in [0.25, 0.3) is 22.2 Å². The highest BCUT2D eigenvalue weighted by Crippen LogP contribution is 2.30. The molecule has 0 amide bonds. The molecule has 0 saturated carbocycles. The fourth-order valence-corrected chi connectivity index (χ4v) is 4.18. The smallest absolute Gasteiger partial charge is 0.141 e. The standard InChI is InChI=1S/C29H28N4O2S/c1-36-16-15-30-18-25-12-14-28(35-25)22-7-13-27-26(17-22)29(32-20-31-27)33-23-8-10-24(11-9-23)34-19-21-5-3-2-4-6-21/h2-14,17,20,30H,15-16,18-19H2,1H3,(H,31,32,33). The van der Waals surface area contributed by atoms with Gasteiger partial charge < -0.3 is 19.8 Å². The van der Waals surface area contributed by atoms with E-state index in [9.17, 15) is 0 Å². The lowest BCUT2D eigenvalue weighted by molar-refractivity contribution is 0.306. The van der Waals surface area contributed by atoms with E-state index in [1.165, 1.54) is 0 Å². The number of rotatable bonds is 11. The molecule has 5 aromatic rings. The lowest BCUT2D eigenvalue weighted by atomic mass is 10.1. The van der Waals surface area contributed by atoms with Gasteiger partial charge in [0.05, 0.1) is 12.1 Å². The molecule has 0 fully saturated rings. The maximum atomic E-state index is 6.08. The van der Waals surface area contributed by atoms with Gasteiger partial charge >= 0.3 is 0 Å². The average molecular weight is 497 g/mol. The first kappa shape index (κ1) is 23.9. The SMILES string of the molecule is CSCCNCc1ccc(-c2ccc3ncnc(Nc4ccc(OCc5ccccc5)cc4)c3c2)o1. The van der Waals surface area contributed by atoms with Crippen molar-refractivity contribution >= 4 is 34.2 Å². The number of furan rings is 1. The normalized spacial score (nSPS) is 11.0. The number of nitrogens with one attached hydrogen (secondary N) is 2. The van der Waals surface area contributed by atoms with Crippen LogP contribution in [-0.2, 0) is 13.2 Å². The Labute approximate surface area is 215 Å². The number of hydrogen-bond donors (Lipinski definition) is 2. The zero-order chi connectivity index (χ0) is 24.6. The Hall–Kier alpha value is -3.81. The molecule has 0 saturated heterocycles. The first-order chi connectivity index (χ1) is 17.8. The summed E-state index contributed by atoms with van der Waals surface area (Å²) in [6.07, 6.45) is 3.68. The van der Waals surface area contributed by atoms with Gasteiger partial charge in [-0.1, -0.05) is 30.3 Å². The summed E-state index contributed by atoms with van der Waals surface area (Å²) in [7, 11) is 0. The van der Waals surface area contributed by atoms with E-state index < -0.39 is 0 Å². The predicted molar refractivity (Wildman–Crippen MR) is 148 cm³/mol. The summed E-state index contributed by atoms with van der Waals surface area (Å²) < 4.78 is 12.0. The number of fused-ring (bicyclic) bond motifs is 1. The van der Waals surface area contributed by atoms with E-state index >= 15 is 0 Å². The molecule has 0 aliphatic heterocycles. The minimum absolute atomic E-state index is 0.537. The van der Waals surface area contributed by atoms with Crippen molar-refractivity contribution in [3.05, 3.63) is 103 Å². The number of anilines is 2. The molecular formula is C29H28N4O2S. The van der Waals surface area contributed by atoms with Crippen molar-refractivity contribution in [2.45, 2.75) is 13.2 Å². The summed E-state index contributed by atoms with van der Waals surface area (Å²) in [5, 5.41) is 7.75. The van der Waals surface area contributed by atoms with E-state index in [0.29, 0.717) is 6.61 Å². The largest absolute Gasteiger partial charge is 0.489 e. The molecule has 0 radical (unpaired) electrons. The second kappa shape index (κ2) is 11.7. The molecule has 5 rings (SSSR count). The molecule has 0 atom stereocenters. The van der Waals surface area contributed by atoms with Crippen molar-refractivity contribution in [2.24, 2.45) is 0 Å². The minimum atomic E-state index is 0.537. The molecule has 182 valence electrons. The van der Waals surface area contributed by atoms with Crippen molar-refractivity contribution in [2.75, 3.05) is 23.9 Å². The first-order valence-electron chi connectivity index (χ1n) is 11.9. The molecule has 2 N–H and O–H groups in total. The number of aromatic nitrogens is 2. The summed E-state index contributed by atoms with van der Waals surface area (Å²) in [6, 6.07) is 28.1. The Morgan fingerprint density at radius 2 is 1.78 bits per heavy atom. The van der Waals surface area contributed by atoms with Gasteiger partial charge in [-0.05, 0) is 66.4 Å². The van der Waals surface area contributed by atoms with E-state index in [-0.39, 0.29) is 0 Å². The summed E-state index contributed by atoms with van der Waals surface area (Å²) in [5.41, 5.74) is 3.91. The molecule has 0 aliphatic rings. The quantitative estimate of drug-likeness (QED) is 0.198. The fraction of sp³-hybridized carbons (Fsp3) is 0.172. The van der Waals surface area contributed by atoms with Crippen LogP contribution in [-0.4, -0.2) is 28.5 Å². The van der Waals surface area contributed by atoms with Crippen LogP contribution in [0.3, 0.4) is 0 Å². The van der Waals surface area contributed by atoms with Gasteiger partial charge in [0.2, 0.25) is 0 Å². The molecule has 2 aromatic heterocycles. The Balaban J connectivity index is 1.29. The molecule has 2 heterocycles. The summed E-state index contributed by atoms with van der Waals surface area (Å²) in [4.78, 5) is 8.94. The molecule has 6 nitrogen and oxygen atoms in total. The van der Waals surface area contributed by atoms with Gasteiger partial charge in [-0.25, -0.2) is 9.97 Å². The second-order valence-corrected chi connectivity index (χ2v) is 9.30. The van der Waals surface area contributed by atoms with Crippen molar-refractivity contribution in [3.8, 4) is 17.1 Å². The Kier molecular flexibility index (Phi) is 7.80. The molecule has 3 aromatic carbocycles. The van der Waals surface area contributed by atoms with Gasteiger partial charge in [-0.3, -0.25) is 0 Å². The predicted octanol–water partition coefficient (Wildman–Crippen LogP) is 6.67. The van der Waals surface area contributed by atoms with Gasteiger partial charge in [0.25, 0.3) is 0 Å². The fourth-order valence-electron chi connectivity index (χ4n) is 3.84. The van der Waals surface area contributed by atoms with E-state index in [4.69, 9.17) is 9.15 Å². The van der Waals surface area contributed by atoms with Gasteiger partial charge in [0, 0.05) is 28.9 Å². The molecule has 0 spiro atoms. The van der Waals surface area contributed by atoms with E-state index in [0.717, 1.165) is 69.6 Å². The van der Waals surface area contributed by atoms with Crippen LogP contribution >= 0.6 is 11.8 Å². The van der Waals surface area contributed by atoms with Crippen LogP contribution in [0.15, 0.2) is 95.7 Å². The van der Waals surface area contributed by atoms with Crippen molar-refractivity contribution in [1.82, 2.24) is 15.3 Å². The van der Waals surface area contributed by atoms with Gasteiger partial charge in [0.15, 0.2) is 0 Å². The molecule has 0 bridgehead atoms. The Morgan fingerprint density at radius 3 is 2.61 bits per heavy atom. The van der Waals surface area contributed by atoms with Gasteiger partial charge in [0.1, 0.15) is 36.0 Å². The van der Waals surface area contributed by atoms with Crippen LogP contribution in [0.5, 0.6) is 5.75 Å². The Bertz CT molecular complexity index is 1400. The summed E-state index contributed by atoms with van der Waals surface area (Å²) in [6.45, 7) is 2.21. The van der Waals surface area contributed by atoms with Crippen LogP contribution < -0.4 is 15.4 Å². The van der Waals surface area contributed by atoms with Crippen molar-refractivity contribution < 1.29 is 9.15 Å². The van der Waals surface area contributed by atoms with Crippen LogP contribution in [0.1, 0.15) is 11.3 Å². The highest BCUT2D eigenvalue weighted by atomic mass is 32.2. The maximum absolute atomic E-state index is 6.08. The number of thioether (sulfide) groups is 1. The first-order valence-corrected chi connectivity index (χ1v) is 13.3. The highest BCUT2D eigenvalue weighted by Gasteiger charge is 2.10. The van der Waals surface area contributed by atoms with Crippen LogP contribution in [0, 0.1) is 0 Å². The van der Waals surface area contributed by atoms with E-state index in [2.05, 4.69) is 45.1 Å². The number of hydrogen-bond acceptors (Lipinski definition) is 7. The maximum Gasteiger partial charge on any atom is 0.141 e. The lowest BCUT2D eigenvalue weighted by Gasteiger charge is -2.11. The van der Waals surface area contributed by atoms with Crippen LogP contribution in [0.4, 0.5) is 11.5 Å². The number of nitrogens with zero attached hydrogens (tertiary/aromatic N) is 2. The second-order valence-electron chi connectivity index (χ2n) is 8.31. The van der Waals surface area contributed by atoms with Gasteiger partial charge in [-0.15, -0.1) is 0 Å². The molecule has 7 heteroatoms. The van der Waals surface area contributed by atoms with E-state index in [1.807, 2.05) is 78.5 Å². The monoisotopic (exact) mass is 496 g/mol. The number of benzene rings is 3. The Morgan fingerprint density at radius 1 is 0.917 bits per heavy atom. The molecule has 36 heavy (non-hydrogen) atoms. The minimum Gasteiger partial charge on any atom is -0.489 e. The third-order valence-corrected chi connectivity index (χ3v) is 6.34. The summed E-state index contributed by atoms with van der Waals surface area (Å²) in [5.74, 6) is 4.38. The lowest BCUT2D eigenvalue weighted by Crippen LogP contribution is -2.15. The molecular weight excluding hydrogens is 468 g/mol. The average Bonchev–Trinajstić information content (AvgIpc) is 3.40. The zero-order valence-electron chi connectivity index (χ0n) is 20.1. The third kappa shape index (κ3) is 6.05. The molecule has 0 aliphatic carbocycles. The topological polar surface area (TPSA) is 72.2 Å². The molecule has 0 unspecified atom stereocenters. The van der Waals surface area contributed by atoms with Crippen molar-refractivity contribution in [1.29, 1.82) is 0 Å². The third-order valence-electron chi connectivity index (χ3n) is 5.73. The van der Waals surface area contributed by atoms with E-state index in [1.54, 1.807) is 6.33 Å². The van der Waals surface area contributed by atoms with Crippen molar-refractivity contribution in [3.63, 3.8) is 0 Å². The van der Waals surface area contributed by atoms with Gasteiger partial charge in [-0.2, -0.15) is 11.8 Å². The van der Waals surface area contributed by atoms with Crippen LogP contribution in [0.2, 0.25) is 0 Å².